The standard InChI is InChI=1S/C18H27NO3/c1-13(2)16(20)15(14-9-7-6-8-10-14)11-12-19-17(21)22-18(3,4)5/h6-11,13,16,20H,12H2,1-5H3,(H,19,21)/b15-11+/t16-/m1/s1. The highest BCUT2D eigenvalue weighted by Gasteiger charge is 2.18. The summed E-state index contributed by atoms with van der Waals surface area (Å²) in [5, 5.41) is 13.1. The maximum Gasteiger partial charge on any atom is 0.407 e. The number of hydrogen-bond acceptors (Lipinski definition) is 3. The lowest BCUT2D eigenvalue weighted by Crippen LogP contribution is -2.32. The van der Waals surface area contributed by atoms with E-state index >= 15 is 0 Å². The molecular formula is C18H27NO3. The van der Waals surface area contributed by atoms with Gasteiger partial charge in [0, 0.05) is 6.54 Å². The van der Waals surface area contributed by atoms with Gasteiger partial charge in [0.15, 0.2) is 0 Å². The highest BCUT2D eigenvalue weighted by Crippen LogP contribution is 2.22. The molecule has 0 fully saturated rings. The van der Waals surface area contributed by atoms with Gasteiger partial charge in [-0.15, -0.1) is 0 Å². The summed E-state index contributed by atoms with van der Waals surface area (Å²) < 4.78 is 5.19. The van der Waals surface area contributed by atoms with Gasteiger partial charge < -0.3 is 15.2 Å². The number of alkyl carbamates (subject to hydrolysis) is 1. The fourth-order valence-electron chi connectivity index (χ4n) is 1.96. The summed E-state index contributed by atoms with van der Waals surface area (Å²) in [5.74, 6) is 0.0907. The summed E-state index contributed by atoms with van der Waals surface area (Å²) >= 11 is 0. The van der Waals surface area contributed by atoms with E-state index in [2.05, 4.69) is 5.32 Å². The highest BCUT2D eigenvalue weighted by atomic mass is 16.6. The van der Waals surface area contributed by atoms with Crippen molar-refractivity contribution >= 4 is 11.7 Å². The van der Waals surface area contributed by atoms with Crippen molar-refractivity contribution in [3.8, 4) is 0 Å². The third kappa shape index (κ3) is 6.31. The summed E-state index contributed by atoms with van der Waals surface area (Å²) in [6, 6.07) is 9.69. The topological polar surface area (TPSA) is 58.6 Å². The molecule has 0 aliphatic heterocycles. The van der Waals surface area contributed by atoms with Gasteiger partial charge in [0.05, 0.1) is 6.10 Å². The van der Waals surface area contributed by atoms with Crippen LogP contribution in [0.3, 0.4) is 0 Å². The minimum atomic E-state index is -0.581. The Kier molecular flexibility index (Phi) is 6.62. The van der Waals surface area contributed by atoms with Crippen molar-refractivity contribution in [1.29, 1.82) is 0 Å². The first-order valence-electron chi connectivity index (χ1n) is 7.61. The zero-order valence-electron chi connectivity index (χ0n) is 14.1. The van der Waals surface area contributed by atoms with Gasteiger partial charge in [-0.3, -0.25) is 0 Å². The van der Waals surface area contributed by atoms with Crippen molar-refractivity contribution in [2.24, 2.45) is 5.92 Å². The SMILES string of the molecule is CC(C)[C@@H](O)/C(=C/CNC(=O)OC(C)(C)C)c1ccccc1. The fraction of sp³-hybridized carbons (Fsp3) is 0.500. The van der Waals surface area contributed by atoms with Crippen LogP contribution in [0.1, 0.15) is 40.2 Å². The quantitative estimate of drug-likeness (QED) is 0.873. The number of aliphatic hydroxyl groups is 1. The molecular weight excluding hydrogens is 278 g/mol. The number of benzene rings is 1. The van der Waals surface area contributed by atoms with Crippen molar-refractivity contribution in [2.75, 3.05) is 6.54 Å². The lowest BCUT2D eigenvalue weighted by atomic mass is 9.93. The van der Waals surface area contributed by atoms with E-state index < -0.39 is 17.8 Å². The lowest BCUT2D eigenvalue weighted by Gasteiger charge is -2.21. The van der Waals surface area contributed by atoms with Gasteiger partial charge in [0.2, 0.25) is 0 Å². The molecule has 0 saturated heterocycles. The number of nitrogens with one attached hydrogen (secondary N) is 1. The van der Waals surface area contributed by atoms with Gasteiger partial charge in [-0.1, -0.05) is 50.3 Å². The zero-order chi connectivity index (χ0) is 16.8. The van der Waals surface area contributed by atoms with Gasteiger partial charge in [-0.2, -0.15) is 0 Å². The number of rotatable bonds is 5. The second-order valence-corrected chi connectivity index (χ2v) is 6.60. The Morgan fingerprint density at radius 1 is 1.27 bits per heavy atom. The Balaban J connectivity index is 2.78. The Bertz CT molecular complexity index is 501. The molecule has 0 aliphatic carbocycles. The van der Waals surface area contributed by atoms with E-state index in [0.29, 0.717) is 6.54 Å². The molecule has 4 heteroatoms. The summed E-state index contributed by atoms with van der Waals surface area (Å²) in [6.45, 7) is 9.69. The molecule has 0 radical (unpaired) electrons. The first-order chi connectivity index (χ1) is 10.2. The summed E-state index contributed by atoms with van der Waals surface area (Å²) in [5.41, 5.74) is 1.24. The average Bonchev–Trinajstić information content (AvgIpc) is 2.42. The van der Waals surface area contributed by atoms with Crippen LogP contribution in [0.15, 0.2) is 36.4 Å². The first-order valence-corrected chi connectivity index (χ1v) is 7.61. The second-order valence-electron chi connectivity index (χ2n) is 6.60. The largest absolute Gasteiger partial charge is 0.444 e. The predicted octanol–water partition coefficient (Wildman–Crippen LogP) is 3.61. The smallest absolute Gasteiger partial charge is 0.407 e. The van der Waals surface area contributed by atoms with Gasteiger partial charge in [-0.25, -0.2) is 4.79 Å². The molecule has 22 heavy (non-hydrogen) atoms. The summed E-state index contributed by atoms with van der Waals surface area (Å²) in [4.78, 5) is 11.7. The third-order valence-electron chi connectivity index (χ3n) is 3.02. The van der Waals surface area contributed by atoms with E-state index in [1.807, 2.05) is 71.0 Å². The number of aliphatic hydroxyl groups excluding tert-OH is 1. The molecule has 1 atom stereocenters. The van der Waals surface area contributed by atoms with Gasteiger partial charge in [-0.05, 0) is 37.8 Å². The molecule has 0 aromatic heterocycles. The number of amides is 1. The van der Waals surface area contributed by atoms with Crippen LogP contribution in [0.25, 0.3) is 5.57 Å². The Labute approximate surface area is 133 Å². The van der Waals surface area contributed by atoms with Gasteiger partial charge in [0.1, 0.15) is 5.60 Å². The van der Waals surface area contributed by atoms with Crippen molar-refractivity contribution in [1.82, 2.24) is 5.32 Å². The molecule has 0 bridgehead atoms. The van der Waals surface area contributed by atoms with E-state index in [-0.39, 0.29) is 5.92 Å². The highest BCUT2D eigenvalue weighted by molar-refractivity contribution is 5.71. The van der Waals surface area contributed by atoms with E-state index in [9.17, 15) is 9.90 Å². The molecule has 1 rings (SSSR count). The molecule has 1 aromatic rings. The van der Waals surface area contributed by atoms with Crippen molar-refractivity contribution in [2.45, 2.75) is 46.3 Å². The number of carbonyl (C=O) groups excluding carboxylic acids is 1. The molecule has 0 aliphatic rings. The van der Waals surface area contributed by atoms with Crippen LogP contribution in [0.5, 0.6) is 0 Å². The Morgan fingerprint density at radius 3 is 2.36 bits per heavy atom. The monoisotopic (exact) mass is 305 g/mol. The normalized spacial score (nSPS) is 13.9. The van der Waals surface area contributed by atoms with Crippen LogP contribution >= 0.6 is 0 Å². The molecule has 1 aromatic carbocycles. The fourth-order valence-corrected chi connectivity index (χ4v) is 1.96. The first kappa shape index (κ1) is 18.2. The van der Waals surface area contributed by atoms with Crippen LogP contribution in [0.4, 0.5) is 4.79 Å². The van der Waals surface area contributed by atoms with E-state index in [0.717, 1.165) is 11.1 Å². The third-order valence-corrected chi connectivity index (χ3v) is 3.02. The average molecular weight is 305 g/mol. The molecule has 0 saturated carbocycles. The lowest BCUT2D eigenvalue weighted by molar-refractivity contribution is 0.0534. The van der Waals surface area contributed by atoms with Crippen molar-refractivity contribution < 1.29 is 14.6 Å². The molecule has 0 heterocycles. The van der Waals surface area contributed by atoms with Crippen molar-refractivity contribution in [3.05, 3.63) is 42.0 Å². The molecule has 0 spiro atoms. The summed E-state index contributed by atoms with van der Waals surface area (Å²) in [7, 11) is 0. The molecule has 0 unspecified atom stereocenters. The van der Waals surface area contributed by atoms with Crippen LogP contribution in [-0.2, 0) is 4.74 Å². The van der Waals surface area contributed by atoms with Gasteiger partial charge >= 0.3 is 6.09 Å². The minimum absolute atomic E-state index is 0.0907. The van der Waals surface area contributed by atoms with Crippen LogP contribution in [0, 0.1) is 5.92 Å². The molecule has 4 nitrogen and oxygen atoms in total. The number of hydrogen-bond donors (Lipinski definition) is 2. The van der Waals surface area contributed by atoms with E-state index in [1.54, 1.807) is 0 Å². The molecule has 122 valence electrons. The maximum absolute atomic E-state index is 11.7. The summed E-state index contributed by atoms with van der Waals surface area (Å²) in [6.07, 6.45) is 0.794. The molecule has 1 amide bonds. The Hall–Kier alpha value is -1.81. The number of ether oxygens (including phenoxy) is 1. The predicted molar refractivity (Wildman–Crippen MR) is 89.5 cm³/mol. The zero-order valence-corrected chi connectivity index (χ0v) is 14.1. The van der Waals surface area contributed by atoms with Crippen LogP contribution in [-0.4, -0.2) is 29.4 Å². The van der Waals surface area contributed by atoms with E-state index in [4.69, 9.17) is 4.74 Å². The van der Waals surface area contributed by atoms with Crippen LogP contribution in [0.2, 0.25) is 0 Å². The minimum Gasteiger partial charge on any atom is -0.444 e. The molecule has 2 N–H and O–H groups in total. The van der Waals surface area contributed by atoms with E-state index in [1.165, 1.54) is 0 Å². The maximum atomic E-state index is 11.7. The van der Waals surface area contributed by atoms with Crippen molar-refractivity contribution in [3.63, 3.8) is 0 Å². The Morgan fingerprint density at radius 2 is 1.86 bits per heavy atom. The second kappa shape index (κ2) is 7.99. The number of carbonyl (C=O) groups is 1. The van der Waals surface area contributed by atoms with Crippen LogP contribution < -0.4 is 5.32 Å². The van der Waals surface area contributed by atoms with Gasteiger partial charge in [0.25, 0.3) is 0 Å².